The quantitative estimate of drug-likeness (QED) is 0.309. The van der Waals surface area contributed by atoms with Gasteiger partial charge in [0, 0.05) is 0 Å². The number of pyridine rings is 1. The van der Waals surface area contributed by atoms with Crippen LogP contribution in [0.15, 0.2) is 29.1 Å². The van der Waals surface area contributed by atoms with Crippen LogP contribution in [0, 0.1) is 5.92 Å². The van der Waals surface area contributed by atoms with Crippen molar-refractivity contribution in [3.8, 4) is 5.75 Å². The van der Waals surface area contributed by atoms with Gasteiger partial charge in [-0.25, -0.2) is 0 Å². The van der Waals surface area contributed by atoms with E-state index in [1.165, 1.54) is 31.4 Å². The third kappa shape index (κ3) is 7.71. The van der Waals surface area contributed by atoms with Crippen molar-refractivity contribution in [2.75, 3.05) is 0 Å². The molecular weight excluding hydrogens is 446 g/mol. The van der Waals surface area contributed by atoms with Crippen LogP contribution in [0.2, 0.25) is 5.32 Å². The van der Waals surface area contributed by atoms with Crippen LogP contribution in [0.1, 0.15) is 59.3 Å². The number of nitrogens with zero attached hydrogens (tertiary/aromatic N) is 1. The van der Waals surface area contributed by atoms with Crippen LogP contribution in [0.4, 0.5) is 13.2 Å². The fourth-order valence-corrected chi connectivity index (χ4v) is 5.54. The van der Waals surface area contributed by atoms with Gasteiger partial charge in [-0.3, -0.25) is 0 Å². The molecule has 0 bridgehead atoms. The molecule has 0 aliphatic carbocycles. The molecule has 0 fully saturated rings. The van der Waals surface area contributed by atoms with E-state index in [4.69, 9.17) is 0 Å². The van der Waals surface area contributed by atoms with E-state index in [2.05, 4.69) is 18.6 Å². The van der Waals surface area contributed by atoms with Crippen molar-refractivity contribution in [3.63, 3.8) is 0 Å². The van der Waals surface area contributed by atoms with Gasteiger partial charge in [0.1, 0.15) is 0 Å². The molecule has 0 amide bonds. The summed E-state index contributed by atoms with van der Waals surface area (Å²) < 4.78 is 44.5. The van der Waals surface area contributed by atoms with E-state index in [1.807, 2.05) is 6.92 Å². The molecule has 0 spiro atoms. The number of aryl methyl sites for hydroxylation is 1. The van der Waals surface area contributed by atoms with Gasteiger partial charge >= 0.3 is 177 Å². The van der Waals surface area contributed by atoms with Crippen LogP contribution in [0.25, 0.3) is 10.9 Å². The average Bonchev–Trinajstić information content (AvgIpc) is 2.62. The summed E-state index contributed by atoms with van der Waals surface area (Å²) in [4.78, 5) is 12.6. The van der Waals surface area contributed by atoms with Crippen LogP contribution < -0.4 is 14.8 Å². The Morgan fingerprint density at radius 2 is 1.83 bits per heavy atom. The number of hydrogen-bond donors (Lipinski definition) is 0. The molecule has 0 aliphatic heterocycles. The Labute approximate surface area is 176 Å². The van der Waals surface area contributed by atoms with Crippen LogP contribution in [0.5, 0.6) is 5.75 Å². The van der Waals surface area contributed by atoms with Gasteiger partial charge in [0.05, 0.1) is 0 Å². The van der Waals surface area contributed by atoms with E-state index < -0.39 is 6.36 Å². The summed E-state index contributed by atoms with van der Waals surface area (Å²) in [5.74, 6) is 0.491. The molecule has 2 aromatic rings. The van der Waals surface area contributed by atoms with Gasteiger partial charge in [0.25, 0.3) is 0 Å². The predicted molar refractivity (Wildman–Crippen MR) is 113 cm³/mol. The Morgan fingerprint density at radius 1 is 1.10 bits per heavy atom. The molecule has 2 rings (SSSR count). The van der Waals surface area contributed by atoms with Gasteiger partial charge in [-0.1, -0.05) is 0 Å². The fraction of sp³-hybridized carbons (Fsp3) is 0.591. The summed E-state index contributed by atoms with van der Waals surface area (Å²) in [6.07, 6.45) is 1.96. The molecule has 0 aliphatic rings. The second-order valence-electron chi connectivity index (χ2n) is 7.67. The van der Waals surface area contributed by atoms with E-state index in [-0.39, 0.29) is 26.3 Å². The first-order valence-electron chi connectivity index (χ1n) is 10.3. The van der Waals surface area contributed by atoms with Crippen molar-refractivity contribution in [3.05, 3.63) is 34.6 Å². The first kappa shape index (κ1) is 23.8. The molecule has 1 aromatic heterocycles. The third-order valence-corrected chi connectivity index (χ3v) is 7.05. The van der Waals surface area contributed by atoms with Gasteiger partial charge < -0.3 is 0 Å². The van der Waals surface area contributed by atoms with Crippen LogP contribution >= 0.6 is 0 Å². The second kappa shape index (κ2) is 11.1. The first-order valence-corrected chi connectivity index (χ1v) is 12.3. The summed E-state index contributed by atoms with van der Waals surface area (Å²) in [6, 6.07) is 5.88. The molecule has 0 atom stereocenters. The molecular formula is C22H30F3NO2Se. The number of hydrogen-bond acceptors (Lipinski definition) is 2. The van der Waals surface area contributed by atoms with E-state index in [9.17, 15) is 18.0 Å². The van der Waals surface area contributed by atoms with Crippen molar-refractivity contribution < 1.29 is 17.9 Å². The Morgan fingerprint density at radius 3 is 2.48 bits per heavy atom. The van der Waals surface area contributed by atoms with E-state index in [0.717, 1.165) is 35.0 Å². The number of rotatable bonds is 11. The maximum absolute atomic E-state index is 12.6. The standard InChI is InChI=1S/C22H30F3NO2Se/c1-4-12-26-19-11-10-17(28-22(23,24)25)14-18(19)20(15-21(26)27)29-13-8-6-5-7-9-16(2)3/h10-11,14-16H,4-9,12-13H2,1-3H3. The van der Waals surface area contributed by atoms with Crippen molar-refractivity contribution in [2.45, 2.75) is 77.5 Å². The fourth-order valence-electron chi connectivity index (χ4n) is 3.30. The molecule has 0 N–H and O–H groups in total. The number of fused-ring (bicyclic) bond motifs is 1. The summed E-state index contributed by atoms with van der Waals surface area (Å²) in [7, 11) is 0. The SMILES string of the molecule is CCCn1c(=O)cc([Se]CCCCCCC(C)C)c2cc(OC(F)(F)F)ccc21. The number of unbranched alkanes of at least 4 members (excludes halogenated alkanes) is 3. The second-order valence-corrected chi connectivity index (χ2v) is 10.1. The zero-order chi connectivity index (χ0) is 21.4. The molecule has 0 saturated heterocycles. The predicted octanol–water partition coefficient (Wildman–Crippen LogP) is 5.66. The molecule has 0 unspecified atom stereocenters. The van der Waals surface area contributed by atoms with Crippen molar-refractivity contribution in [1.82, 2.24) is 4.57 Å². The summed E-state index contributed by atoms with van der Waals surface area (Å²) >= 11 is 0.0393. The van der Waals surface area contributed by atoms with E-state index in [1.54, 1.807) is 16.7 Å². The number of halogens is 3. The van der Waals surface area contributed by atoms with E-state index in [0.29, 0.717) is 17.4 Å². The Kier molecular flexibility index (Phi) is 9.09. The summed E-state index contributed by atoms with van der Waals surface area (Å²) in [6.45, 7) is 6.96. The molecule has 1 aromatic carbocycles. The van der Waals surface area contributed by atoms with Gasteiger partial charge in [-0.15, -0.1) is 0 Å². The molecule has 1 heterocycles. The maximum atomic E-state index is 12.6. The third-order valence-electron chi connectivity index (χ3n) is 4.66. The Hall–Kier alpha value is -1.46. The van der Waals surface area contributed by atoms with Gasteiger partial charge in [0.15, 0.2) is 0 Å². The van der Waals surface area contributed by atoms with Crippen LogP contribution in [0.3, 0.4) is 0 Å². The summed E-state index contributed by atoms with van der Waals surface area (Å²) in [5, 5.41) is 1.67. The number of benzene rings is 1. The minimum atomic E-state index is -4.73. The van der Waals surface area contributed by atoms with Crippen molar-refractivity contribution in [2.24, 2.45) is 5.92 Å². The van der Waals surface area contributed by atoms with Crippen molar-refractivity contribution >= 4 is 30.3 Å². The zero-order valence-corrected chi connectivity index (χ0v) is 19.1. The molecule has 7 heteroatoms. The van der Waals surface area contributed by atoms with Crippen LogP contribution in [-0.4, -0.2) is 25.9 Å². The van der Waals surface area contributed by atoms with Gasteiger partial charge in [-0.05, 0) is 0 Å². The number of ether oxygens (including phenoxy) is 1. The minimum absolute atomic E-state index is 0.0393. The first-order chi connectivity index (χ1) is 13.7. The number of alkyl halides is 3. The number of aromatic nitrogens is 1. The average molecular weight is 476 g/mol. The topological polar surface area (TPSA) is 31.2 Å². The molecule has 29 heavy (non-hydrogen) atoms. The normalized spacial score (nSPS) is 12.1. The Balaban J connectivity index is 2.17. The summed E-state index contributed by atoms with van der Waals surface area (Å²) in [5.41, 5.74) is 0.598. The molecule has 0 radical (unpaired) electrons. The molecule has 3 nitrogen and oxygen atoms in total. The Bertz CT molecular complexity index is 846. The van der Waals surface area contributed by atoms with Gasteiger partial charge in [-0.2, -0.15) is 0 Å². The van der Waals surface area contributed by atoms with E-state index >= 15 is 0 Å². The van der Waals surface area contributed by atoms with Crippen LogP contribution in [-0.2, 0) is 6.54 Å². The van der Waals surface area contributed by atoms with Gasteiger partial charge in [0.2, 0.25) is 0 Å². The molecule has 0 saturated carbocycles. The molecule has 162 valence electrons. The monoisotopic (exact) mass is 477 g/mol. The zero-order valence-electron chi connectivity index (χ0n) is 17.3. The van der Waals surface area contributed by atoms with Crippen molar-refractivity contribution in [1.29, 1.82) is 0 Å².